The predicted octanol–water partition coefficient (Wildman–Crippen LogP) is 3.24. The molecule has 0 N–H and O–H groups in total. The Balaban J connectivity index is 1.48. The Morgan fingerprint density at radius 2 is 1.71 bits per heavy atom. The lowest BCUT2D eigenvalue weighted by atomic mass is 9.50. The summed E-state index contributed by atoms with van der Waals surface area (Å²) in [5, 5.41) is 13.0. The van der Waals surface area contributed by atoms with E-state index in [0.29, 0.717) is 23.6 Å². The molecule has 4 bridgehead atoms. The van der Waals surface area contributed by atoms with Crippen LogP contribution in [0.1, 0.15) is 38.5 Å². The molecule has 0 amide bonds. The van der Waals surface area contributed by atoms with E-state index in [4.69, 9.17) is 4.74 Å². The van der Waals surface area contributed by atoms with Crippen molar-refractivity contribution in [1.82, 2.24) is 0 Å². The zero-order valence-electron chi connectivity index (χ0n) is 13.7. The molecule has 0 spiro atoms. The number of carbonyl (C=O) groups excluding carboxylic acids is 1. The second-order valence-corrected chi connectivity index (χ2v) is 8.37. The second-order valence-electron chi connectivity index (χ2n) is 7.54. The van der Waals surface area contributed by atoms with E-state index in [1.807, 2.05) is 0 Å². The lowest BCUT2D eigenvalue weighted by Gasteiger charge is -2.56. The summed E-state index contributed by atoms with van der Waals surface area (Å²) < 4.78 is 9.71. The lowest BCUT2D eigenvalue weighted by molar-refractivity contribution is -0.777. The van der Waals surface area contributed by atoms with Gasteiger partial charge in [0.2, 0.25) is 0 Å². The summed E-state index contributed by atoms with van der Waals surface area (Å²) in [6.45, 7) is 7.87. The van der Waals surface area contributed by atoms with E-state index in [9.17, 15) is 10.1 Å². The molecule has 0 saturated heterocycles. The third-order valence-electron chi connectivity index (χ3n) is 5.58. The van der Waals surface area contributed by atoms with Crippen LogP contribution in [-0.4, -0.2) is 12.6 Å². The molecule has 0 radical (unpaired) electrons. The van der Waals surface area contributed by atoms with Crippen LogP contribution in [0.2, 0.25) is 0 Å². The van der Waals surface area contributed by atoms with Crippen LogP contribution >= 0.6 is 12.0 Å². The molecular weight excluding hydrogens is 328 g/mol. The number of hydrogen-bond donors (Lipinski definition) is 0. The van der Waals surface area contributed by atoms with Crippen LogP contribution in [0.4, 0.5) is 0 Å². The first-order valence-corrected chi connectivity index (χ1v) is 9.10. The van der Waals surface area contributed by atoms with Crippen molar-refractivity contribution in [2.24, 2.45) is 23.2 Å². The van der Waals surface area contributed by atoms with Gasteiger partial charge in [-0.15, -0.1) is 0 Å². The monoisotopic (exact) mass is 351 g/mol. The van der Waals surface area contributed by atoms with E-state index in [-0.39, 0.29) is 11.0 Å². The van der Waals surface area contributed by atoms with Crippen LogP contribution in [0, 0.1) is 23.2 Å². The number of hydrogen-bond acceptors (Lipinski definition) is 6. The van der Waals surface area contributed by atoms with Gasteiger partial charge in [-0.1, -0.05) is 13.2 Å². The average molecular weight is 351 g/mol. The zero-order valence-corrected chi connectivity index (χ0v) is 14.5. The highest BCUT2D eigenvalue weighted by molar-refractivity contribution is 7.98. The minimum atomic E-state index is -0.402. The van der Waals surface area contributed by atoms with Crippen LogP contribution in [0.3, 0.4) is 0 Å². The minimum absolute atomic E-state index is 0.202. The van der Waals surface area contributed by atoms with Gasteiger partial charge in [0.25, 0.3) is 0 Å². The maximum atomic E-state index is 12.1. The Hall–Kier alpha value is -1.08. The molecule has 0 unspecified atom stereocenters. The van der Waals surface area contributed by atoms with Crippen LogP contribution in [0.25, 0.3) is 0 Å². The van der Waals surface area contributed by atoms with E-state index < -0.39 is 5.97 Å². The fourth-order valence-electron chi connectivity index (χ4n) is 5.13. The molecule has 0 heterocycles. The normalized spacial score (nSPS) is 33.8. The fraction of sp³-hybridized carbons (Fsp3) is 0.611. The Labute approximate surface area is 146 Å². The molecule has 0 aliphatic heterocycles. The summed E-state index contributed by atoms with van der Waals surface area (Å²) in [4.78, 5) is 12.6. The van der Waals surface area contributed by atoms with Crippen LogP contribution in [0.5, 0.6) is 0 Å². The van der Waals surface area contributed by atoms with E-state index in [2.05, 4.69) is 22.5 Å². The van der Waals surface area contributed by atoms with Crippen molar-refractivity contribution < 1.29 is 24.2 Å². The first kappa shape index (κ1) is 17.7. The topological polar surface area (TPSA) is 67.8 Å². The van der Waals surface area contributed by atoms with Gasteiger partial charge in [-0.3, -0.25) is 5.04 Å². The largest absolute Gasteiger partial charge is 0.691 e. The van der Waals surface area contributed by atoms with Crippen LogP contribution in [-0.2, 0) is 18.9 Å². The highest BCUT2D eigenvalue weighted by atomic mass is 32.2. The van der Waals surface area contributed by atoms with Gasteiger partial charge in [-0.25, -0.2) is 4.79 Å². The predicted molar refractivity (Wildman–Crippen MR) is 88.7 cm³/mol. The molecule has 4 aliphatic carbocycles. The van der Waals surface area contributed by atoms with Gasteiger partial charge in [-0.2, -0.15) is 4.33 Å². The SMILES string of the molecule is C=C(/C=C\C(=C)C(=O)OCC12CC3CC(CC(C3)C1)C2)SOO[O-]. The van der Waals surface area contributed by atoms with E-state index in [1.54, 1.807) is 0 Å². The summed E-state index contributed by atoms with van der Waals surface area (Å²) in [7, 11) is 0. The first-order valence-electron chi connectivity index (χ1n) is 8.36. The van der Waals surface area contributed by atoms with Crippen molar-refractivity contribution in [1.29, 1.82) is 0 Å². The summed E-state index contributed by atoms with van der Waals surface area (Å²) in [5.74, 6) is 2.10. The van der Waals surface area contributed by atoms with Crippen molar-refractivity contribution in [2.75, 3.05) is 6.61 Å². The zero-order chi connectivity index (χ0) is 17.2. The number of rotatable bonds is 8. The fourth-order valence-corrected chi connectivity index (χ4v) is 5.36. The van der Waals surface area contributed by atoms with Gasteiger partial charge in [0, 0.05) is 10.3 Å². The van der Waals surface area contributed by atoms with Gasteiger partial charge in [0.15, 0.2) is 0 Å². The maximum absolute atomic E-state index is 12.1. The second kappa shape index (κ2) is 7.44. The molecular formula is C18H23O5S-. The Bertz CT molecular complexity index is 518. The summed E-state index contributed by atoms with van der Waals surface area (Å²) in [5.41, 5.74) is 0.456. The van der Waals surface area contributed by atoms with Crippen molar-refractivity contribution >= 4 is 18.0 Å². The molecule has 4 aliphatic rings. The van der Waals surface area contributed by atoms with Gasteiger partial charge in [0.05, 0.1) is 24.2 Å². The average Bonchev–Trinajstić information content (AvgIpc) is 2.54. The molecule has 4 rings (SSSR count). The minimum Gasteiger partial charge on any atom is -0.691 e. The van der Waals surface area contributed by atoms with Gasteiger partial charge < -0.3 is 9.99 Å². The lowest BCUT2D eigenvalue weighted by Crippen LogP contribution is -2.48. The molecule has 24 heavy (non-hydrogen) atoms. The number of ether oxygens (including phenoxy) is 1. The molecule has 5 nitrogen and oxygen atoms in total. The molecule has 0 atom stereocenters. The third-order valence-corrected chi connectivity index (χ3v) is 6.05. The smallest absolute Gasteiger partial charge is 0.337 e. The highest BCUT2D eigenvalue weighted by Gasteiger charge is 2.51. The van der Waals surface area contributed by atoms with Gasteiger partial charge >= 0.3 is 5.97 Å². The Kier molecular flexibility index (Phi) is 5.49. The van der Waals surface area contributed by atoms with Crippen molar-refractivity contribution in [3.8, 4) is 0 Å². The van der Waals surface area contributed by atoms with Gasteiger partial charge in [-0.05, 0) is 68.4 Å². The maximum Gasteiger partial charge on any atom is 0.337 e. The van der Waals surface area contributed by atoms with Crippen molar-refractivity contribution in [2.45, 2.75) is 38.5 Å². The highest BCUT2D eigenvalue weighted by Crippen LogP contribution is 2.60. The van der Waals surface area contributed by atoms with E-state index >= 15 is 0 Å². The number of esters is 1. The summed E-state index contributed by atoms with van der Waals surface area (Å²) >= 11 is 0.673. The molecule has 6 heteroatoms. The Morgan fingerprint density at radius 3 is 2.25 bits per heavy atom. The first-order chi connectivity index (χ1) is 11.5. The molecule has 4 fully saturated rings. The van der Waals surface area contributed by atoms with E-state index in [1.165, 1.54) is 50.7 Å². The Morgan fingerprint density at radius 1 is 1.12 bits per heavy atom. The summed E-state index contributed by atoms with van der Waals surface area (Å²) in [6, 6.07) is 0. The van der Waals surface area contributed by atoms with Gasteiger partial charge in [0.1, 0.15) is 0 Å². The summed E-state index contributed by atoms with van der Waals surface area (Å²) in [6.07, 6.45) is 10.8. The molecule has 0 aromatic carbocycles. The molecule has 132 valence electrons. The van der Waals surface area contributed by atoms with Crippen molar-refractivity contribution in [3.05, 3.63) is 35.8 Å². The van der Waals surface area contributed by atoms with Crippen LogP contribution in [0.15, 0.2) is 35.8 Å². The molecule has 0 aromatic rings. The molecule has 0 aromatic heterocycles. The quantitative estimate of drug-likeness (QED) is 0.167. The van der Waals surface area contributed by atoms with Crippen LogP contribution < -0.4 is 5.26 Å². The standard InChI is InChI=1S/C18H24O5S/c1-12(3-4-13(2)24-23-22-20)17(19)21-11-18-8-14-5-15(9-18)7-16(6-14)10-18/h3-4,14-16,20H,1-2,5-11H2/p-1/b4-3-. The number of allylic oxidation sites excluding steroid dienone is 1. The van der Waals surface area contributed by atoms with Crippen molar-refractivity contribution in [3.63, 3.8) is 0 Å². The molecule has 4 saturated carbocycles. The number of carbonyl (C=O) groups is 1. The van der Waals surface area contributed by atoms with E-state index in [0.717, 1.165) is 17.8 Å². The third kappa shape index (κ3) is 4.11.